The van der Waals surface area contributed by atoms with Crippen LogP contribution in [0.1, 0.15) is 17.3 Å². The van der Waals surface area contributed by atoms with Gasteiger partial charge in [0.15, 0.2) is 0 Å². The maximum absolute atomic E-state index is 13.8. The second-order valence-corrected chi connectivity index (χ2v) is 7.08. The molecule has 0 radical (unpaired) electrons. The van der Waals surface area contributed by atoms with Crippen LogP contribution in [0.2, 0.25) is 0 Å². The molecule has 3 N–H and O–H groups in total. The molecule has 0 saturated carbocycles. The van der Waals surface area contributed by atoms with Gasteiger partial charge in [0, 0.05) is 11.3 Å². The summed E-state index contributed by atoms with van der Waals surface area (Å²) >= 11 is 1.28. The van der Waals surface area contributed by atoms with Crippen LogP contribution in [0.5, 0.6) is 0 Å². The normalized spacial score (nSPS) is 14.7. The van der Waals surface area contributed by atoms with Crippen molar-refractivity contribution in [1.29, 1.82) is 0 Å². The number of hydrogen-bond donors (Lipinski definition) is 3. The van der Waals surface area contributed by atoms with Gasteiger partial charge in [0.05, 0.1) is 12.2 Å². The van der Waals surface area contributed by atoms with Crippen LogP contribution in [0, 0.1) is 5.82 Å². The van der Waals surface area contributed by atoms with Crippen LogP contribution in [0.3, 0.4) is 0 Å². The molecule has 9 heteroatoms. The van der Waals surface area contributed by atoms with E-state index in [1.54, 1.807) is 13.2 Å². The van der Waals surface area contributed by atoms with E-state index in [1.165, 1.54) is 11.8 Å². The number of hydrogen-bond acceptors (Lipinski definition) is 5. The van der Waals surface area contributed by atoms with E-state index in [9.17, 15) is 17.6 Å². The van der Waals surface area contributed by atoms with Crippen LogP contribution in [0.4, 0.5) is 4.39 Å². The Kier molecular flexibility index (Phi) is 6.14. The third-order valence-corrected chi connectivity index (χ3v) is 5.60. The molecule has 0 saturated heterocycles. The van der Waals surface area contributed by atoms with Gasteiger partial charge in [0.2, 0.25) is 10.0 Å². The van der Waals surface area contributed by atoms with E-state index < -0.39 is 32.7 Å². The molecule has 1 rings (SSSR count). The Hall–Kier alpha value is -1.16. The van der Waals surface area contributed by atoms with E-state index >= 15 is 0 Å². The minimum absolute atomic E-state index is 0.231. The highest BCUT2D eigenvalue weighted by Gasteiger charge is 2.25. The fourth-order valence-corrected chi connectivity index (χ4v) is 3.73. The number of carboxylic acids is 1. The fourth-order valence-electron chi connectivity index (χ4n) is 1.67. The van der Waals surface area contributed by atoms with E-state index in [-0.39, 0.29) is 17.4 Å². The molecule has 0 aromatic heterocycles. The maximum Gasteiger partial charge on any atom is 0.335 e. The molecule has 0 aliphatic rings. The monoisotopic (exact) mass is 337 g/mol. The quantitative estimate of drug-likeness (QED) is 0.683. The highest BCUT2D eigenvalue weighted by atomic mass is 32.2. The molecule has 0 fully saturated rings. The summed E-state index contributed by atoms with van der Waals surface area (Å²) in [5, 5.41) is 17.5. The molecule has 118 valence electrons. The summed E-state index contributed by atoms with van der Waals surface area (Å²) in [6.07, 6.45) is 1.72. The molecular formula is C12H16FNO5S2. The van der Waals surface area contributed by atoms with Crippen molar-refractivity contribution in [3.63, 3.8) is 0 Å². The zero-order valence-electron chi connectivity index (χ0n) is 11.4. The Morgan fingerprint density at radius 1 is 1.48 bits per heavy atom. The number of sulfonamides is 1. The average Bonchev–Trinajstić information content (AvgIpc) is 2.38. The second-order valence-electron chi connectivity index (χ2n) is 4.32. The lowest BCUT2D eigenvalue weighted by Crippen LogP contribution is -2.41. The molecule has 0 amide bonds. The van der Waals surface area contributed by atoms with Crippen molar-refractivity contribution in [3.05, 3.63) is 29.6 Å². The summed E-state index contributed by atoms with van der Waals surface area (Å²) < 4.78 is 40.2. The number of benzene rings is 1. The lowest BCUT2D eigenvalue weighted by Gasteiger charge is -2.21. The van der Waals surface area contributed by atoms with E-state index in [0.29, 0.717) is 6.07 Å². The first-order chi connectivity index (χ1) is 9.72. The highest BCUT2D eigenvalue weighted by Crippen LogP contribution is 2.18. The molecule has 6 nitrogen and oxygen atoms in total. The molecule has 0 aliphatic heterocycles. The van der Waals surface area contributed by atoms with Gasteiger partial charge in [-0.25, -0.2) is 22.3 Å². The van der Waals surface area contributed by atoms with Gasteiger partial charge in [-0.2, -0.15) is 11.8 Å². The first kappa shape index (κ1) is 17.9. The average molecular weight is 337 g/mol. The SMILES string of the molecule is CSC(CO)C(C)NS(=O)(=O)c1ccc(C(=O)O)cc1F. The van der Waals surface area contributed by atoms with Crippen LogP contribution in [-0.2, 0) is 10.0 Å². The number of nitrogens with one attached hydrogen (secondary N) is 1. The number of aliphatic hydroxyl groups excluding tert-OH is 1. The lowest BCUT2D eigenvalue weighted by molar-refractivity contribution is 0.0696. The van der Waals surface area contributed by atoms with Gasteiger partial charge in [-0.1, -0.05) is 0 Å². The third kappa shape index (κ3) is 4.40. The molecule has 1 aromatic rings. The Morgan fingerprint density at radius 3 is 2.52 bits per heavy atom. The van der Waals surface area contributed by atoms with E-state index in [1.807, 2.05) is 0 Å². The van der Waals surface area contributed by atoms with Gasteiger partial charge in [-0.3, -0.25) is 0 Å². The van der Waals surface area contributed by atoms with Crippen LogP contribution >= 0.6 is 11.8 Å². The molecule has 0 heterocycles. The van der Waals surface area contributed by atoms with Crippen molar-refractivity contribution in [3.8, 4) is 0 Å². The zero-order valence-corrected chi connectivity index (χ0v) is 13.0. The summed E-state index contributed by atoms with van der Waals surface area (Å²) in [6.45, 7) is 1.32. The van der Waals surface area contributed by atoms with E-state index in [0.717, 1.165) is 12.1 Å². The number of halogens is 1. The molecular weight excluding hydrogens is 321 g/mol. The fraction of sp³-hybridized carbons (Fsp3) is 0.417. The van der Waals surface area contributed by atoms with E-state index in [2.05, 4.69) is 4.72 Å². The van der Waals surface area contributed by atoms with Gasteiger partial charge in [-0.15, -0.1) is 0 Å². The zero-order chi connectivity index (χ0) is 16.2. The molecule has 1 aromatic carbocycles. The van der Waals surface area contributed by atoms with Crippen molar-refractivity contribution in [2.24, 2.45) is 0 Å². The minimum atomic E-state index is -4.14. The van der Waals surface area contributed by atoms with Gasteiger partial charge in [-0.05, 0) is 31.4 Å². The van der Waals surface area contributed by atoms with Crippen molar-refractivity contribution in [2.75, 3.05) is 12.9 Å². The maximum atomic E-state index is 13.8. The van der Waals surface area contributed by atoms with Gasteiger partial charge in [0.25, 0.3) is 0 Å². The predicted octanol–water partition coefficient (Wildman–Crippen LogP) is 0.915. The summed E-state index contributed by atoms with van der Waals surface area (Å²) in [4.78, 5) is 10.1. The molecule has 2 atom stereocenters. The first-order valence-electron chi connectivity index (χ1n) is 5.91. The van der Waals surface area contributed by atoms with Crippen molar-refractivity contribution < 1.29 is 27.8 Å². The third-order valence-electron chi connectivity index (χ3n) is 2.85. The van der Waals surface area contributed by atoms with Gasteiger partial charge >= 0.3 is 5.97 Å². The van der Waals surface area contributed by atoms with Crippen LogP contribution in [-0.4, -0.2) is 48.8 Å². The lowest BCUT2D eigenvalue weighted by atomic mass is 10.2. The Labute approximate surface area is 126 Å². The predicted molar refractivity (Wildman–Crippen MR) is 77.5 cm³/mol. The first-order valence-corrected chi connectivity index (χ1v) is 8.69. The number of aromatic carboxylic acids is 1. The van der Waals surface area contributed by atoms with E-state index in [4.69, 9.17) is 10.2 Å². The molecule has 0 bridgehead atoms. The Bertz CT molecular complexity index is 616. The van der Waals surface area contributed by atoms with Gasteiger partial charge < -0.3 is 10.2 Å². The molecule has 2 unspecified atom stereocenters. The smallest absolute Gasteiger partial charge is 0.335 e. The number of carbonyl (C=O) groups is 1. The summed E-state index contributed by atoms with van der Waals surface area (Å²) in [6, 6.07) is 1.96. The van der Waals surface area contributed by atoms with Crippen LogP contribution < -0.4 is 4.72 Å². The summed E-state index contributed by atoms with van der Waals surface area (Å²) in [5.41, 5.74) is -0.336. The van der Waals surface area contributed by atoms with Crippen molar-refractivity contribution >= 4 is 27.8 Å². The Balaban J connectivity index is 3.06. The standard InChI is InChI=1S/C12H16FNO5S2/c1-7(10(6-15)20-2)14-21(18,19)11-4-3-8(12(16)17)5-9(11)13/h3-5,7,10,14-15H,6H2,1-2H3,(H,16,17). The minimum Gasteiger partial charge on any atom is -0.478 e. The number of rotatable bonds is 7. The molecule has 0 spiro atoms. The van der Waals surface area contributed by atoms with Gasteiger partial charge in [0.1, 0.15) is 10.7 Å². The molecule has 21 heavy (non-hydrogen) atoms. The topological polar surface area (TPSA) is 104 Å². The second kappa shape index (κ2) is 7.21. The number of thioether (sulfide) groups is 1. The largest absolute Gasteiger partial charge is 0.478 e. The number of aliphatic hydroxyl groups is 1. The highest BCUT2D eigenvalue weighted by molar-refractivity contribution is 7.99. The Morgan fingerprint density at radius 2 is 2.10 bits per heavy atom. The summed E-state index contributed by atoms with van der Waals surface area (Å²) in [7, 11) is -4.14. The molecule has 0 aliphatic carbocycles. The van der Waals surface area contributed by atoms with Crippen LogP contribution in [0.25, 0.3) is 0 Å². The van der Waals surface area contributed by atoms with Crippen molar-refractivity contribution in [1.82, 2.24) is 4.72 Å². The number of carboxylic acid groups (broad SMARTS) is 1. The van der Waals surface area contributed by atoms with Crippen LogP contribution in [0.15, 0.2) is 23.1 Å². The van der Waals surface area contributed by atoms with Crippen molar-refractivity contribution in [2.45, 2.75) is 23.1 Å². The summed E-state index contributed by atoms with van der Waals surface area (Å²) in [5.74, 6) is -2.48.